The molecule has 0 radical (unpaired) electrons. The number of halogens is 1. The van der Waals surface area contributed by atoms with E-state index in [-0.39, 0.29) is 11.9 Å². The van der Waals surface area contributed by atoms with Gasteiger partial charge in [0.1, 0.15) is 0 Å². The number of rotatable bonds is 6. The number of hydrogen-bond donors (Lipinski definition) is 0. The molecular formula is C11H18ClNO2S2. The molecule has 3 nitrogen and oxygen atoms in total. The molecule has 0 aliphatic carbocycles. The first-order valence-electron chi connectivity index (χ1n) is 5.44. The van der Waals surface area contributed by atoms with Gasteiger partial charge in [-0.05, 0) is 31.7 Å². The minimum Gasteiger partial charge on any atom is -0.212 e. The minimum absolute atomic E-state index is 0.0516. The van der Waals surface area contributed by atoms with Gasteiger partial charge in [-0.1, -0.05) is 6.07 Å². The second kappa shape index (κ2) is 6.18. The van der Waals surface area contributed by atoms with Crippen LogP contribution in [0.25, 0.3) is 0 Å². The van der Waals surface area contributed by atoms with Gasteiger partial charge in [-0.15, -0.1) is 22.9 Å². The van der Waals surface area contributed by atoms with Gasteiger partial charge in [-0.25, -0.2) is 12.7 Å². The van der Waals surface area contributed by atoms with Crippen LogP contribution in [0.3, 0.4) is 0 Å². The van der Waals surface area contributed by atoms with Gasteiger partial charge in [0.15, 0.2) is 0 Å². The SMILES string of the molecule is CC(Cc1cccs1)N(C)S(=O)(=O)C(C)CCl. The second-order valence-electron chi connectivity index (χ2n) is 4.16. The van der Waals surface area contributed by atoms with Crippen LogP contribution in [0.15, 0.2) is 17.5 Å². The topological polar surface area (TPSA) is 37.4 Å². The van der Waals surface area contributed by atoms with Crippen LogP contribution in [0.2, 0.25) is 0 Å². The molecule has 1 rings (SSSR count). The van der Waals surface area contributed by atoms with Gasteiger partial charge in [0.05, 0.1) is 5.25 Å². The quantitative estimate of drug-likeness (QED) is 0.757. The zero-order valence-electron chi connectivity index (χ0n) is 10.3. The highest BCUT2D eigenvalue weighted by Crippen LogP contribution is 2.17. The van der Waals surface area contributed by atoms with E-state index >= 15 is 0 Å². The van der Waals surface area contributed by atoms with E-state index in [0.717, 1.165) is 6.42 Å². The fourth-order valence-corrected chi connectivity index (χ4v) is 4.07. The van der Waals surface area contributed by atoms with E-state index in [1.165, 1.54) is 9.18 Å². The molecule has 1 heterocycles. The van der Waals surface area contributed by atoms with E-state index in [0.29, 0.717) is 0 Å². The Balaban J connectivity index is 2.72. The third-order valence-electron chi connectivity index (χ3n) is 2.82. The first-order valence-corrected chi connectivity index (χ1v) is 8.36. The Morgan fingerprint density at radius 3 is 2.59 bits per heavy atom. The average molecular weight is 296 g/mol. The molecule has 1 aromatic rings. The van der Waals surface area contributed by atoms with E-state index in [2.05, 4.69) is 0 Å². The van der Waals surface area contributed by atoms with Crippen molar-refractivity contribution in [2.75, 3.05) is 12.9 Å². The third-order valence-corrected chi connectivity index (χ3v) is 6.72. The summed E-state index contributed by atoms with van der Waals surface area (Å²) in [5, 5.41) is 1.46. The summed E-state index contributed by atoms with van der Waals surface area (Å²) in [4.78, 5) is 1.19. The lowest BCUT2D eigenvalue weighted by Gasteiger charge is -2.26. The summed E-state index contributed by atoms with van der Waals surface area (Å²) in [5.74, 6) is 0.123. The van der Waals surface area contributed by atoms with Crippen LogP contribution in [0.5, 0.6) is 0 Å². The number of likely N-dealkylation sites (N-methyl/N-ethyl adjacent to an activating group) is 1. The minimum atomic E-state index is -3.29. The number of thiophene rings is 1. The van der Waals surface area contributed by atoms with E-state index in [1.54, 1.807) is 25.3 Å². The van der Waals surface area contributed by atoms with Gasteiger partial charge in [0.2, 0.25) is 10.0 Å². The van der Waals surface area contributed by atoms with Crippen LogP contribution in [0.4, 0.5) is 0 Å². The molecule has 0 spiro atoms. The summed E-state index contributed by atoms with van der Waals surface area (Å²) in [7, 11) is -1.66. The summed E-state index contributed by atoms with van der Waals surface area (Å²) in [6, 6.07) is 3.94. The summed E-state index contributed by atoms with van der Waals surface area (Å²) >= 11 is 7.27. The predicted octanol–water partition coefficient (Wildman–Crippen LogP) is 2.57. The highest BCUT2D eigenvalue weighted by atomic mass is 35.5. The first kappa shape index (κ1) is 15.0. The molecule has 2 atom stereocenters. The fourth-order valence-electron chi connectivity index (χ4n) is 1.46. The maximum absolute atomic E-state index is 12.1. The van der Waals surface area contributed by atoms with Crippen molar-refractivity contribution >= 4 is 33.0 Å². The zero-order chi connectivity index (χ0) is 13.1. The predicted molar refractivity (Wildman–Crippen MR) is 74.3 cm³/mol. The van der Waals surface area contributed by atoms with Crippen molar-refractivity contribution in [2.24, 2.45) is 0 Å². The number of hydrogen-bond acceptors (Lipinski definition) is 3. The third kappa shape index (κ3) is 3.68. The molecule has 0 aliphatic rings. The van der Waals surface area contributed by atoms with Crippen molar-refractivity contribution in [3.63, 3.8) is 0 Å². The molecule has 0 bridgehead atoms. The van der Waals surface area contributed by atoms with Crippen LogP contribution < -0.4 is 0 Å². The maximum atomic E-state index is 12.1. The summed E-state index contributed by atoms with van der Waals surface area (Å²) in [5.41, 5.74) is 0. The molecule has 1 aromatic heterocycles. The summed E-state index contributed by atoms with van der Waals surface area (Å²) < 4.78 is 25.6. The molecule has 98 valence electrons. The highest BCUT2D eigenvalue weighted by molar-refractivity contribution is 7.89. The van der Waals surface area contributed by atoms with Crippen LogP contribution in [-0.4, -0.2) is 36.9 Å². The smallest absolute Gasteiger partial charge is 0.212 e. The van der Waals surface area contributed by atoms with Crippen LogP contribution in [0.1, 0.15) is 18.7 Å². The molecule has 17 heavy (non-hydrogen) atoms. The molecule has 6 heteroatoms. The van der Waals surface area contributed by atoms with Crippen molar-refractivity contribution in [1.82, 2.24) is 4.31 Å². The highest BCUT2D eigenvalue weighted by Gasteiger charge is 2.28. The lowest BCUT2D eigenvalue weighted by Crippen LogP contribution is -2.41. The molecule has 0 amide bonds. The molecule has 0 aromatic carbocycles. The van der Waals surface area contributed by atoms with Gasteiger partial charge in [0.25, 0.3) is 0 Å². The summed E-state index contributed by atoms with van der Waals surface area (Å²) in [6.45, 7) is 3.55. The molecular weight excluding hydrogens is 278 g/mol. The Morgan fingerprint density at radius 2 is 2.12 bits per heavy atom. The van der Waals surface area contributed by atoms with E-state index in [9.17, 15) is 8.42 Å². The second-order valence-corrected chi connectivity index (χ2v) is 7.91. The zero-order valence-corrected chi connectivity index (χ0v) is 12.6. The van der Waals surface area contributed by atoms with Crippen molar-refractivity contribution in [1.29, 1.82) is 0 Å². The Kier molecular flexibility index (Phi) is 5.44. The van der Waals surface area contributed by atoms with E-state index in [1.807, 2.05) is 24.4 Å². The lowest BCUT2D eigenvalue weighted by molar-refractivity contribution is 0.384. The maximum Gasteiger partial charge on any atom is 0.217 e. The largest absolute Gasteiger partial charge is 0.217 e. The van der Waals surface area contributed by atoms with Crippen molar-refractivity contribution in [3.8, 4) is 0 Å². The molecule has 2 unspecified atom stereocenters. The average Bonchev–Trinajstić information content (AvgIpc) is 2.79. The molecule has 0 saturated carbocycles. The van der Waals surface area contributed by atoms with Crippen LogP contribution >= 0.6 is 22.9 Å². The first-order chi connectivity index (χ1) is 7.89. The van der Waals surface area contributed by atoms with Crippen molar-refractivity contribution < 1.29 is 8.42 Å². The van der Waals surface area contributed by atoms with Gasteiger partial charge in [0, 0.05) is 23.8 Å². The standard InChI is InChI=1S/C11H18ClNO2S2/c1-9(7-11-5-4-6-16-11)13(3)17(14,15)10(2)8-12/h4-6,9-10H,7-8H2,1-3H3. The number of alkyl halides is 1. The molecule has 0 aliphatic heterocycles. The van der Waals surface area contributed by atoms with Gasteiger partial charge < -0.3 is 0 Å². The lowest BCUT2D eigenvalue weighted by atomic mass is 10.2. The molecule has 0 N–H and O–H groups in total. The van der Waals surface area contributed by atoms with Crippen molar-refractivity contribution in [3.05, 3.63) is 22.4 Å². The Labute approximate surface area is 112 Å². The normalized spacial score (nSPS) is 16.1. The van der Waals surface area contributed by atoms with Gasteiger partial charge >= 0.3 is 0 Å². The number of sulfonamides is 1. The van der Waals surface area contributed by atoms with Gasteiger partial charge in [-0.2, -0.15) is 0 Å². The monoisotopic (exact) mass is 295 g/mol. The van der Waals surface area contributed by atoms with Crippen LogP contribution in [-0.2, 0) is 16.4 Å². The Morgan fingerprint density at radius 1 is 1.47 bits per heavy atom. The van der Waals surface area contributed by atoms with E-state index in [4.69, 9.17) is 11.6 Å². The molecule has 0 saturated heterocycles. The summed E-state index contributed by atoms with van der Waals surface area (Å²) in [6.07, 6.45) is 0.738. The van der Waals surface area contributed by atoms with E-state index < -0.39 is 15.3 Å². The van der Waals surface area contributed by atoms with Crippen molar-refractivity contribution in [2.45, 2.75) is 31.6 Å². The van der Waals surface area contributed by atoms with Crippen LogP contribution in [0, 0.1) is 0 Å². The molecule has 0 fully saturated rings. The Bertz CT molecular complexity index is 430. The fraction of sp³-hybridized carbons (Fsp3) is 0.636. The number of nitrogens with zero attached hydrogens (tertiary/aromatic N) is 1. The van der Waals surface area contributed by atoms with Gasteiger partial charge in [-0.3, -0.25) is 0 Å². The Hall–Kier alpha value is -0.100.